The predicted octanol–water partition coefficient (Wildman–Crippen LogP) is 2.63. The molecule has 2 aromatic carbocycles. The molecule has 2 heterocycles. The lowest BCUT2D eigenvalue weighted by molar-refractivity contribution is 0.0627. The Balaban J connectivity index is 1.40. The molecule has 1 aromatic heterocycles. The summed E-state index contributed by atoms with van der Waals surface area (Å²) in [6.07, 6.45) is 0. The van der Waals surface area contributed by atoms with Crippen molar-refractivity contribution in [1.29, 1.82) is 0 Å². The third-order valence-corrected chi connectivity index (χ3v) is 4.94. The Labute approximate surface area is 156 Å². The fraction of sp³-hybridized carbons (Fsp3) is 0.238. The van der Waals surface area contributed by atoms with E-state index in [9.17, 15) is 14.0 Å². The van der Waals surface area contributed by atoms with Crippen molar-refractivity contribution in [2.75, 3.05) is 26.2 Å². The SMILES string of the molecule is O=C(c1ccc(F)cc1)N1CCN(Cc2cc(=O)c3ccccc3[nH]2)CC1. The van der Waals surface area contributed by atoms with Gasteiger partial charge in [-0.2, -0.15) is 0 Å². The van der Waals surface area contributed by atoms with Gasteiger partial charge in [0.1, 0.15) is 5.82 Å². The molecule has 138 valence electrons. The third kappa shape index (κ3) is 3.75. The van der Waals surface area contributed by atoms with E-state index in [1.165, 1.54) is 24.3 Å². The van der Waals surface area contributed by atoms with Crippen LogP contribution < -0.4 is 5.43 Å². The van der Waals surface area contributed by atoms with Crippen molar-refractivity contribution in [3.8, 4) is 0 Å². The second kappa shape index (κ2) is 7.32. The molecule has 0 saturated carbocycles. The van der Waals surface area contributed by atoms with Gasteiger partial charge < -0.3 is 9.88 Å². The van der Waals surface area contributed by atoms with Crippen molar-refractivity contribution < 1.29 is 9.18 Å². The molecule has 1 aliphatic rings. The minimum atomic E-state index is -0.347. The summed E-state index contributed by atoms with van der Waals surface area (Å²) in [5.74, 6) is -0.422. The number of halogens is 1. The van der Waals surface area contributed by atoms with E-state index in [1.54, 1.807) is 11.0 Å². The van der Waals surface area contributed by atoms with Crippen LogP contribution in [0.4, 0.5) is 4.39 Å². The van der Waals surface area contributed by atoms with Crippen molar-refractivity contribution >= 4 is 16.8 Å². The van der Waals surface area contributed by atoms with Crippen LogP contribution in [0, 0.1) is 5.82 Å². The van der Waals surface area contributed by atoms with E-state index < -0.39 is 0 Å². The second-order valence-electron chi connectivity index (χ2n) is 6.78. The summed E-state index contributed by atoms with van der Waals surface area (Å²) < 4.78 is 13.0. The van der Waals surface area contributed by atoms with Crippen LogP contribution in [-0.2, 0) is 6.54 Å². The molecule has 1 amide bonds. The van der Waals surface area contributed by atoms with E-state index in [1.807, 2.05) is 24.3 Å². The highest BCUT2D eigenvalue weighted by molar-refractivity contribution is 5.94. The fourth-order valence-electron chi connectivity index (χ4n) is 3.46. The van der Waals surface area contributed by atoms with Crippen LogP contribution in [-0.4, -0.2) is 46.9 Å². The summed E-state index contributed by atoms with van der Waals surface area (Å²) in [6, 6.07) is 14.8. The van der Waals surface area contributed by atoms with Crippen LogP contribution in [0.2, 0.25) is 0 Å². The van der Waals surface area contributed by atoms with Crippen LogP contribution in [0.25, 0.3) is 10.9 Å². The molecule has 4 rings (SSSR count). The first-order valence-corrected chi connectivity index (χ1v) is 8.98. The zero-order valence-electron chi connectivity index (χ0n) is 14.8. The number of benzene rings is 2. The van der Waals surface area contributed by atoms with E-state index >= 15 is 0 Å². The fourth-order valence-corrected chi connectivity index (χ4v) is 3.46. The molecule has 0 atom stereocenters. The lowest BCUT2D eigenvalue weighted by atomic mass is 10.1. The quantitative estimate of drug-likeness (QED) is 0.776. The number of hydrogen-bond acceptors (Lipinski definition) is 3. The predicted molar refractivity (Wildman–Crippen MR) is 102 cm³/mol. The molecule has 3 aromatic rings. The van der Waals surface area contributed by atoms with E-state index in [-0.39, 0.29) is 17.2 Å². The van der Waals surface area contributed by atoms with Gasteiger partial charge >= 0.3 is 0 Å². The number of hydrogen-bond donors (Lipinski definition) is 1. The number of carbonyl (C=O) groups excluding carboxylic acids is 1. The molecular formula is C21H20FN3O2. The smallest absolute Gasteiger partial charge is 0.253 e. The third-order valence-electron chi connectivity index (χ3n) is 4.94. The lowest BCUT2D eigenvalue weighted by Gasteiger charge is -2.34. The maximum atomic E-state index is 13.0. The molecule has 0 aliphatic carbocycles. The normalized spacial score (nSPS) is 15.2. The van der Waals surface area contributed by atoms with Crippen LogP contribution in [0.1, 0.15) is 16.1 Å². The van der Waals surface area contributed by atoms with Gasteiger partial charge in [-0.25, -0.2) is 4.39 Å². The van der Waals surface area contributed by atoms with Gasteiger partial charge in [0.15, 0.2) is 5.43 Å². The average molecular weight is 365 g/mol. The molecule has 0 radical (unpaired) electrons. The number of nitrogens with zero attached hydrogens (tertiary/aromatic N) is 2. The highest BCUT2D eigenvalue weighted by Crippen LogP contribution is 2.13. The minimum absolute atomic E-state index is 0.0180. The molecule has 1 fully saturated rings. The Morgan fingerprint density at radius 2 is 1.70 bits per heavy atom. The van der Waals surface area contributed by atoms with Crippen LogP contribution in [0.5, 0.6) is 0 Å². The zero-order chi connectivity index (χ0) is 18.8. The van der Waals surface area contributed by atoms with E-state index in [4.69, 9.17) is 0 Å². The first kappa shape index (κ1) is 17.4. The van der Waals surface area contributed by atoms with Gasteiger partial charge in [-0.05, 0) is 36.4 Å². The Morgan fingerprint density at radius 3 is 2.44 bits per heavy atom. The van der Waals surface area contributed by atoms with Crippen molar-refractivity contribution in [3.63, 3.8) is 0 Å². The number of nitrogens with one attached hydrogen (secondary N) is 1. The summed E-state index contributed by atoms with van der Waals surface area (Å²) in [7, 11) is 0. The van der Waals surface area contributed by atoms with E-state index in [0.29, 0.717) is 30.6 Å². The van der Waals surface area contributed by atoms with Crippen LogP contribution >= 0.6 is 0 Å². The summed E-state index contributed by atoms with van der Waals surface area (Å²) >= 11 is 0. The first-order valence-electron chi connectivity index (χ1n) is 8.98. The van der Waals surface area contributed by atoms with Gasteiger partial charge in [-0.3, -0.25) is 14.5 Å². The van der Waals surface area contributed by atoms with Gasteiger partial charge in [0, 0.05) is 61.0 Å². The molecule has 1 aliphatic heterocycles. The van der Waals surface area contributed by atoms with Crippen LogP contribution in [0.3, 0.4) is 0 Å². The molecule has 6 heteroatoms. The summed E-state index contributed by atoms with van der Waals surface area (Å²) in [4.78, 5) is 32.1. The Bertz CT molecular complexity index is 1020. The monoisotopic (exact) mass is 365 g/mol. The number of aromatic nitrogens is 1. The standard InChI is InChI=1S/C21H20FN3O2/c22-16-7-5-15(6-8-16)21(27)25-11-9-24(10-12-25)14-17-13-20(26)18-3-1-2-4-19(18)23-17/h1-8,13H,9-12,14H2,(H,23,26). The number of fused-ring (bicyclic) bond motifs is 1. The highest BCUT2D eigenvalue weighted by Gasteiger charge is 2.22. The number of amides is 1. The number of para-hydroxylation sites is 1. The molecule has 27 heavy (non-hydrogen) atoms. The highest BCUT2D eigenvalue weighted by atomic mass is 19.1. The molecule has 5 nitrogen and oxygen atoms in total. The lowest BCUT2D eigenvalue weighted by Crippen LogP contribution is -2.48. The summed E-state index contributed by atoms with van der Waals surface area (Å²) in [5.41, 5.74) is 2.23. The average Bonchev–Trinajstić information content (AvgIpc) is 2.69. The number of aromatic amines is 1. The zero-order valence-corrected chi connectivity index (χ0v) is 14.8. The topological polar surface area (TPSA) is 56.4 Å². The Morgan fingerprint density at radius 1 is 1.00 bits per heavy atom. The van der Waals surface area contributed by atoms with Gasteiger partial charge in [-0.1, -0.05) is 12.1 Å². The molecule has 0 unspecified atom stereocenters. The molecular weight excluding hydrogens is 345 g/mol. The maximum Gasteiger partial charge on any atom is 0.253 e. The van der Waals surface area contributed by atoms with E-state index in [2.05, 4.69) is 9.88 Å². The number of rotatable bonds is 3. The van der Waals surface area contributed by atoms with Crippen molar-refractivity contribution in [3.05, 3.63) is 81.9 Å². The van der Waals surface area contributed by atoms with Crippen molar-refractivity contribution in [2.24, 2.45) is 0 Å². The number of carbonyl (C=O) groups is 1. The van der Waals surface area contributed by atoms with Gasteiger partial charge in [0.2, 0.25) is 0 Å². The molecule has 1 N–H and O–H groups in total. The minimum Gasteiger partial charge on any atom is -0.357 e. The van der Waals surface area contributed by atoms with Crippen molar-refractivity contribution in [2.45, 2.75) is 6.54 Å². The van der Waals surface area contributed by atoms with E-state index in [0.717, 1.165) is 24.3 Å². The summed E-state index contributed by atoms with van der Waals surface area (Å²) in [6.45, 7) is 3.30. The summed E-state index contributed by atoms with van der Waals surface area (Å²) in [5, 5.41) is 0.691. The van der Waals surface area contributed by atoms with Crippen LogP contribution in [0.15, 0.2) is 59.4 Å². The van der Waals surface area contributed by atoms with Gasteiger partial charge in [-0.15, -0.1) is 0 Å². The molecule has 1 saturated heterocycles. The second-order valence-corrected chi connectivity index (χ2v) is 6.78. The largest absolute Gasteiger partial charge is 0.357 e. The number of H-pyrrole nitrogens is 1. The van der Waals surface area contributed by atoms with Crippen molar-refractivity contribution in [1.82, 2.24) is 14.8 Å². The number of pyridine rings is 1. The Hall–Kier alpha value is -2.99. The van der Waals surface area contributed by atoms with Gasteiger partial charge in [0.25, 0.3) is 5.91 Å². The molecule has 0 spiro atoms. The Kier molecular flexibility index (Phi) is 4.73. The maximum absolute atomic E-state index is 13.0. The molecule has 0 bridgehead atoms. The number of piperazine rings is 1. The van der Waals surface area contributed by atoms with Gasteiger partial charge in [0.05, 0.1) is 0 Å². The first-order chi connectivity index (χ1) is 13.1.